The molecule has 0 aromatic heterocycles. The van der Waals surface area contributed by atoms with Gasteiger partial charge in [0.05, 0.1) is 19.3 Å². The lowest BCUT2D eigenvalue weighted by Crippen LogP contribution is -2.58. The van der Waals surface area contributed by atoms with Gasteiger partial charge in [0.25, 0.3) is 0 Å². The largest absolute Gasteiger partial charge is 0.388 e. The van der Waals surface area contributed by atoms with E-state index >= 15 is 0 Å². The average Bonchev–Trinajstić information content (AvgIpc) is 2.64. The van der Waals surface area contributed by atoms with E-state index in [4.69, 9.17) is 14.2 Å². The van der Waals surface area contributed by atoms with Gasteiger partial charge in [0, 0.05) is 0 Å². The molecule has 0 radical (unpaired) electrons. The fourth-order valence-electron chi connectivity index (χ4n) is 2.91. The molecule has 1 aliphatic rings. The van der Waals surface area contributed by atoms with Gasteiger partial charge in [0.1, 0.15) is 18.3 Å². The Balaban J connectivity index is 1.67. The normalized spacial score (nSPS) is 29.5. The van der Waals surface area contributed by atoms with Gasteiger partial charge in [-0.25, -0.2) is 0 Å². The molecule has 5 atom stereocenters. The topological polar surface area (TPSA) is 68.2 Å². The number of hydrogen-bond acceptors (Lipinski definition) is 5. The smallest absolute Gasteiger partial charge is 0.184 e. The van der Waals surface area contributed by atoms with Crippen molar-refractivity contribution in [3.63, 3.8) is 0 Å². The van der Waals surface area contributed by atoms with Gasteiger partial charge in [-0.05, 0) is 18.1 Å². The number of rotatable bonds is 6. The zero-order valence-corrected chi connectivity index (χ0v) is 14.2. The van der Waals surface area contributed by atoms with Crippen LogP contribution in [-0.2, 0) is 27.4 Å². The van der Waals surface area contributed by atoms with Gasteiger partial charge in [-0.2, -0.15) is 0 Å². The van der Waals surface area contributed by atoms with Gasteiger partial charge < -0.3 is 24.4 Å². The Morgan fingerprint density at radius 2 is 1.28 bits per heavy atom. The van der Waals surface area contributed by atoms with Crippen LogP contribution in [0, 0.1) is 0 Å². The van der Waals surface area contributed by atoms with Crippen LogP contribution in [0.2, 0.25) is 0 Å². The predicted octanol–water partition coefficient (Wildman–Crippen LogP) is 2.26. The lowest BCUT2D eigenvalue weighted by Gasteiger charge is -2.41. The molecule has 2 N–H and O–H groups in total. The molecule has 0 saturated carbocycles. The molecule has 5 nitrogen and oxygen atoms in total. The van der Waals surface area contributed by atoms with Crippen molar-refractivity contribution in [1.82, 2.24) is 0 Å². The molecule has 1 saturated heterocycles. The van der Waals surface area contributed by atoms with E-state index in [1.807, 2.05) is 60.7 Å². The maximum Gasteiger partial charge on any atom is 0.184 e. The Kier molecular flexibility index (Phi) is 6.18. The first-order chi connectivity index (χ1) is 12.1. The minimum atomic E-state index is -1.15. The lowest BCUT2D eigenvalue weighted by molar-refractivity contribution is -0.300. The van der Waals surface area contributed by atoms with Gasteiger partial charge >= 0.3 is 0 Å². The van der Waals surface area contributed by atoms with Crippen LogP contribution in [0.5, 0.6) is 0 Å². The Hall–Kier alpha value is -1.76. The quantitative estimate of drug-likeness (QED) is 0.841. The number of aliphatic hydroxyl groups is 2. The molecule has 0 aliphatic carbocycles. The van der Waals surface area contributed by atoms with E-state index in [1.165, 1.54) is 0 Å². The highest BCUT2D eigenvalue weighted by molar-refractivity contribution is 5.14. The maximum atomic E-state index is 10.5. The first-order valence-corrected chi connectivity index (χ1v) is 8.48. The SMILES string of the molecule is CC1OC(O)C(OCc2ccccc2)C(OCc2ccccc2)C1O. The number of ether oxygens (including phenoxy) is 3. The Bertz CT molecular complexity index is 633. The monoisotopic (exact) mass is 344 g/mol. The molecule has 1 fully saturated rings. The summed E-state index contributed by atoms with van der Waals surface area (Å²) in [6.45, 7) is 2.34. The summed E-state index contributed by atoms with van der Waals surface area (Å²) < 4.78 is 17.1. The minimum Gasteiger partial charge on any atom is -0.388 e. The Labute approximate surface area is 147 Å². The second kappa shape index (κ2) is 8.56. The highest BCUT2D eigenvalue weighted by atomic mass is 16.7. The summed E-state index contributed by atoms with van der Waals surface area (Å²) in [4.78, 5) is 0. The average molecular weight is 344 g/mol. The van der Waals surface area contributed by atoms with Gasteiger partial charge in [-0.15, -0.1) is 0 Å². The number of hydrogen-bond donors (Lipinski definition) is 2. The highest BCUT2D eigenvalue weighted by Crippen LogP contribution is 2.26. The van der Waals surface area contributed by atoms with E-state index in [0.717, 1.165) is 11.1 Å². The van der Waals surface area contributed by atoms with Crippen molar-refractivity contribution in [1.29, 1.82) is 0 Å². The van der Waals surface area contributed by atoms with E-state index in [1.54, 1.807) is 6.92 Å². The lowest BCUT2D eigenvalue weighted by atomic mass is 9.99. The summed E-state index contributed by atoms with van der Waals surface area (Å²) in [6, 6.07) is 19.4. The van der Waals surface area contributed by atoms with Crippen molar-refractivity contribution in [3.8, 4) is 0 Å². The van der Waals surface area contributed by atoms with Crippen molar-refractivity contribution >= 4 is 0 Å². The van der Waals surface area contributed by atoms with Crippen LogP contribution < -0.4 is 0 Å². The second-order valence-corrected chi connectivity index (χ2v) is 6.24. The van der Waals surface area contributed by atoms with Crippen LogP contribution in [0.3, 0.4) is 0 Å². The molecule has 0 amide bonds. The van der Waals surface area contributed by atoms with Crippen LogP contribution in [0.15, 0.2) is 60.7 Å². The first-order valence-electron chi connectivity index (χ1n) is 8.48. The number of aliphatic hydroxyl groups excluding tert-OH is 2. The summed E-state index contributed by atoms with van der Waals surface area (Å²) in [6.07, 6.45) is -4.01. The van der Waals surface area contributed by atoms with Gasteiger partial charge in [-0.1, -0.05) is 60.7 Å². The molecule has 5 heteroatoms. The van der Waals surface area contributed by atoms with Crippen LogP contribution in [0.25, 0.3) is 0 Å². The van der Waals surface area contributed by atoms with Crippen molar-refractivity contribution in [2.24, 2.45) is 0 Å². The maximum absolute atomic E-state index is 10.5. The van der Waals surface area contributed by atoms with Crippen molar-refractivity contribution in [2.75, 3.05) is 0 Å². The standard InChI is InChI=1S/C20H24O5/c1-14-17(21)18(23-12-15-8-4-2-5-9-15)19(20(22)25-14)24-13-16-10-6-3-7-11-16/h2-11,14,17-22H,12-13H2,1H3. The summed E-state index contributed by atoms with van der Waals surface area (Å²) in [5.74, 6) is 0. The summed E-state index contributed by atoms with van der Waals surface area (Å²) >= 11 is 0. The van der Waals surface area contributed by atoms with E-state index in [0.29, 0.717) is 13.2 Å². The fourth-order valence-corrected chi connectivity index (χ4v) is 2.91. The molecule has 0 bridgehead atoms. The molecular weight excluding hydrogens is 320 g/mol. The summed E-state index contributed by atoms with van der Waals surface area (Å²) in [5.41, 5.74) is 1.97. The molecule has 5 unspecified atom stereocenters. The second-order valence-electron chi connectivity index (χ2n) is 6.24. The Morgan fingerprint density at radius 3 is 1.80 bits per heavy atom. The van der Waals surface area contributed by atoms with Crippen LogP contribution in [0.4, 0.5) is 0 Å². The molecule has 1 aliphatic heterocycles. The fraction of sp³-hybridized carbons (Fsp3) is 0.400. The van der Waals surface area contributed by atoms with E-state index < -0.39 is 30.7 Å². The zero-order chi connectivity index (χ0) is 17.6. The predicted molar refractivity (Wildman–Crippen MR) is 92.6 cm³/mol. The van der Waals surface area contributed by atoms with Crippen molar-refractivity contribution in [2.45, 2.75) is 50.8 Å². The molecular formula is C20H24O5. The van der Waals surface area contributed by atoms with E-state index in [-0.39, 0.29) is 0 Å². The third-order valence-corrected chi connectivity index (χ3v) is 4.35. The Morgan fingerprint density at radius 1 is 0.800 bits per heavy atom. The first kappa shape index (κ1) is 18.0. The summed E-state index contributed by atoms with van der Waals surface area (Å²) in [7, 11) is 0. The highest BCUT2D eigenvalue weighted by Gasteiger charge is 2.44. The van der Waals surface area contributed by atoms with Crippen LogP contribution in [-0.4, -0.2) is 40.9 Å². The third-order valence-electron chi connectivity index (χ3n) is 4.35. The third kappa shape index (κ3) is 4.66. The van der Waals surface area contributed by atoms with E-state index in [2.05, 4.69) is 0 Å². The minimum absolute atomic E-state index is 0.304. The molecule has 25 heavy (non-hydrogen) atoms. The van der Waals surface area contributed by atoms with Gasteiger partial charge in [0.2, 0.25) is 0 Å². The van der Waals surface area contributed by atoms with Crippen LogP contribution in [0.1, 0.15) is 18.1 Å². The number of benzene rings is 2. The van der Waals surface area contributed by atoms with Crippen molar-refractivity contribution in [3.05, 3.63) is 71.8 Å². The molecule has 1 heterocycles. The molecule has 134 valence electrons. The van der Waals surface area contributed by atoms with E-state index in [9.17, 15) is 10.2 Å². The summed E-state index contributed by atoms with van der Waals surface area (Å²) in [5, 5.41) is 20.7. The molecule has 3 rings (SSSR count). The van der Waals surface area contributed by atoms with Gasteiger partial charge in [0.15, 0.2) is 6.29 Å². The molecule has 2 aromatic carbocycles. The van der Waals surface area contributed by atoms with Crippen molar-refractivity contribution < 1.29 is 24.4 Å². The van der Waals surface area contributed by atoms with Crippen LogP contribution >= 0.6 is 0 Å². The van der Waals surface area contributed by atoms with Gasteiger partial charge in [-0.3, -0.25) is 0 Å². The zero-order valence-electron chi connectivity index (χ0n) is 14.2. The molecule has 2 aromatic rings. The molecule has 0 spiro atoms.